The molecule has 0 spiro atoms. The van der Waals surface area contributed by atoms with Crippen LogP contribution >= 0.6 is 0 Å². The first-order chi connectivity index (χ1) is 22.0. The van der Waals surface area contributed by atoms with E-state index in [-0.39, 0.29) is 17.2 Å². The first kappa shape index (κ1) is 32.5. The standard InChI is InChI=1S/C32H28F4N4O4.C2H6/c1-43-27-10-7-21(15-28(27)44-2)31(12-13-31)37-29(41)20-5-3-19(4-6-20)17-39-14-11-26-23(18-39)30(42)40(38-26)22-8-9-25(33)24(16-22)32(34,35)36;1-2/h3-10,15-16,18H,11-14,17H2,1-2H3,(H,37,41);1-2H3. The van der Waals surface area contributed by atoms with Crippen LogP contribution < -0.4 is 19.8 Å². The second-order valence-electron chi connectivity index (χ2n) is 10.9. The number of carbonyl (C=O) groups excluding carboxylic acids is 2. The van der Waals surface area contributed by atoms with E-state index in [0.29, 0.717) is 54.4 Å². The highest BCUT2D eigenvalue weighted by molar-refractivity contribution is 6.30. The molecule has 12 heteroatoms. The fourth-order valence-electron chi connectivity index (χ4n) is 5.46. The molecule has 0 saturated heterocycles. The molecule has 1 N–H and O–H groups in total. The molecule has 0 radical (unpaired) electrons. The predicted octanol–water partition coefficient (Wildman–Crippen LogP) is 6.80. The normalized spacial score (nSPS) is 16.5. The van der Waals surface area contributed by atoms with E-state index in [0.717, 1.165) is 35.0 Å². The number of amides is 2. The molecular weight excluding hydrogens is 604 g/mol. The molecule has 8 nitrogen and oxygen atoms in total. The van der Waals surface area contributed by atoms with Crippen molar-refractivity contribution in [3.8, 4) is 11.5 Å². The number of hydrogen-bond donors (Lipinski definition) is 1. The molecule has 0 aromatic heterocycles. The topological polar surface area (TPSA) is 83.5 Å². The molecule has 3 aromatic rings. The summed E-state index contributed by atoms with van der Waals surface area (Å²) in [6, 6.07) is 15.2. The smallest absolute Gasteiger partial charge is 0.419 e. The zero-order chi connectivity index (χ0) is 33.2. The van der Waals surface area contributed by atoms with E-state index < -0.39 is 29.0 Å². The van der Waals surface area contributed by atoms with Gasteiger partial charge in [-0.25, -0.2) is 4.39 Å². The van der Waals surface area contributed by atoms with Crippen LogP contribution in [0.4, 0.5) is 23.2 Å². The van der Waals surface area contributed by atoms with Crippen molar-refractivity contribution in [2.75, 3.05) is 25.8 Å². The van der Waals surface area contributed by atoms with Gasteiger partial charge >= 0.3 is 6.18 Å². The van der Waals surface area contributed by atoms with Crippen LogP contribution in [0.15, 0.2) is 77.5 Å². The van der Waals surface area contributed by atoms with Gasteiger partial charge in [0.15, 0.2) is 11.5 Å². The maximum Gasteiger partial charge on any atom is 0.419 e. The van der Waals surface area contributed by atoms with E-state index in [2.05, 4.69) is 10.4 Å². The summed E-state index contributed by atoms with van der Waals surface area (Å²) in [7, 11) is 3.14. The molecule has 0 unspecified atom stereocenters. The molecule has 3 aromatic carbocycles. The average Bonchev–Trinajstić information content (AvgIpc) is 3.77. The second kappa shape index (κ2) is 12.9. The van der Waals surface area contributed by atoms with Crippen molar-refractivity contribution in [1.29, 1.82) is 0 Å². The average molecular weight is 639 g/mol. The number of anilines is 1. The van der Waals surface area contributed by atoms with E-state index in [1.54, 1.807) is 32.6 Å². The van der Waals surface area contributed by atoms with E-state index in [1.165, 1.54) is 0 Å². The van der Waals surface area contributed by atoms with Crippen molar-refractivity contribution >= 4 is 23.2 Å². The lowest BCUT2D eigenvalue weighted by Gasteiger charge is -2.25. The van der Waals surface area contributed by atoms with Crippen LogP contribution in [0.2, 0.25) is 0 Å². The summed E-state index contributed by atoms with van der Waals surface area (Å²) >= 11 is 0. The summed E-state index contributed by atoms with van der Waals surface area (Å²) in [6.45, 7) is 4.97. The van der Waals surface area contributed by atoms with Crippen LogP contribution in [0.1, 0.15) is 60.2 Å². The SMILES string of the molecule is CC.COc1ccc(C2(NC(=O)c3ccc(CN4C=C5C(=O)N(c6ccc(F)c(C(F)(F)F)c6)N=C5CC4)cc3)CC2)cc1OC. The Kier molecular flexibility index (Phi) is 9.09. The van der Waals surface area contributed by atoms with E-state index in [9.17, 15) is 27.2 Å². The summed E-state index contributed by atoms with van der Waals surface area (Å²) in [4.78, 5) is 28.1. The number of nitrogens with zero attached hydrogens (tertiary/aromatic N) is 3. The van der Waals surface area contributed by atoms with Gasteiger partial charge in [0.1, 0.15) is 5.82 Å². The first-order valence-electron chi connectivity index (χ1n) is 14.9. The first-order valence-corrected chi connectivity index (χ1v) is 14.9. The van der Waals surface area contributed by atoms with Gasteiger partial charge in [-0.1, -0.05) is 32.0 Å². The van der Waals surface area contributed by atoms with Crippen LogP contribution in [0.5, 0.6) is 11.5 Å². The van der Waals surface area contributed by atoms with Gasteiger partial charge in [0, 0.05) is 31.3 Å². The second-order valence-corrected chi connectivity index (χ2v) is 10.9. The Balaban J connectivity index is 0.00000204. The van der Waals surface area contributed by atoms with Gasteiger partial charge in [0.25, 0.3) is 11.8 Å². The molecule has 3 aliphatic rings. The minimum absolute atomic E-state index is 0.161. The van der Waals surface area contributed by atoms with Gasteiger partial charge in [-0.05, 0) is 66.4 Å². The fourth-order valence-corrected chi connectivity index (χ4v) is 5.46. The van der Waals surface area contributed by atoms with Crippen molar-refractivity contribution in [2.45, 2.75) is 51.4 Å². The molecule has 2 aliphatic heterocycles. The van der Waals surface area contributed by atoms with Crippen LogP contribution in [0.25, 0.3) is 0 Å². The minimum atomic E-state index is -4.90. The summed E-state index contributed by atoms with van der Waals surface area (Å²) in [5, 5.41) is 8.25. The Morgan fingerprint density at radius 1 is 0.978 bits per heavy atom. The van der Waals surface area contributed by atoms with Crippen molar-refractivity contribution in [3.63, 3.8) is 0 Å². The number of ether oxygens (including phenoxy) is 2. The van der Waals surface area contributed by atoms with Crippen molar-refractivity contribution < 1.29 is 36.6 Å². The van der Waals surface area contributed by atoms with Gasteiger partial charge in [0.2, 0.25) is 0 Å². The number of halogens is 4. The molecule has 1 fully saturated rings. The minimum Gasteiger partial charge on any atom is -0.493 e. The Bertz CT molecular complexity index is 1700. The van der Waals surface area contributed by atoms with Gasteiger partial charge in [0.05, 0.1) is 42.3 Å². The lowest BCUT2D eigenvalue weighted by Crippen LogP contribution is -2.34. The molecule has 2 amide bonds. The zero-order valence-corrected chi connectivity index (χ0v) is 25.9. The molecule has 6 rings (SSSR count). The number of alkyl halides is 3. The maximum absolute atomic E-state index is 13.8. The Hall–Kier alpha value is -4.87. The van der Waals surface area contributed by atoms with Crippen molar-refractivity contribution in [2.24, 2.45) is 5.10 Å². The highest BCUT2D eigenvalue weighted by Crippen LogP contribution is 2.47. The van der Waals surface area contributed by atoms with Gasteiger partial charge in [-0.15, -0.1) is 0 Å². The molecular formula is C34H34F4N4O4. The number of hydrazone groups is 1. The van der Waals surface area contributed by atoms with Crippen molar-refractivity contribution in [3.05, 3.63) is 101 Å². The third-order valence-corrected chi connectivity index (χ3v) is 8.04. The van der Waals surface area contributed by atoms with Gasteiger partial charge in [-0.2, -0.15) is 23.3 Å². The fraction of sp³-hybridized carbons (Fsp3) is 0.324. The summed E-state index contributed by atoms with van der Waals surface area (Å²) in [6.07, 6.45) is -1.25. The van der Waals surface area contributed by atoms with Crippen LogP contribution in [-0.2, 0) is 23.1 Å². The monoisotopic (exact) mass is 638 g/mol. The highest BCUT2D eigenvalue weighted by Gasteiger charge is 2.46. The number of benzene rings is 3. The molecule has 0 bridgehead atoms. The van der Waals surface area contributed by atoms with Gasteiger partial charge in [-0.3, -0.25) is 9.59 Å². The van der Waals surface area contributed by atoms with Crippen molar-refractivity contribution in [1.82, 2.24) is 10.2 Å². The van der Waals surface area contributed by atoms with Gasteiger partial charge < -0.3 is 19.7 Å². The summed E-state index contributed by atoms with van der Waals surface area (Å²) in [5.74, 6) is -0.990. The number of fused-ring (bicyclic) bond motifs is 1. The van der Waals surface area contributed by atoms with Crippen LogP contribution in [0, 0.1) is 5.82 Å². The van der Waals surface area contributed by atoms with Crippen LogP contribution in [-0.4, -0.2) is 43.2 Å². The third-order valence-electron chi connectivity index (χ3n) is 8.04. The number of carbonyl (C=O) groups is 2. The predicted molar refractivity (Wildman–Crippen MR) is 165 cm³/mol. The number of hydrogen-bond acceptors (Lipinski definition) is 6. The third kappa shape index (κ3) is 6.42. The highest BCUT2D eigenvalue weighted by atomic mass is 19.4. The molecule has 1 saturated carbocycles. The lowest BCUT2D eigenvalue weighted by atomic mass is 10.0. The Morgan fingerprint density at radius 3 is 2.30 bits per heavy atom. The molecule has 1 aliphatic carbocycles. The van der Waals surface area contributed by atoms with E-state index in [4.69, 9.17) is 9.47 Å². The van der Waals surface area contributed by atoms with E-state index in [1.807, 2.05) is 49.1 Å². The number of methoxy groups -OCH3 is 2. The zero-order valence-electron chi connectivity index (χ0n) is 25.9. The largest absolute Gasteiger partial charge is 0.493 e. The molecule has 242 valence electrons. The lowest BCUT2D eigenvalue weighted by molar-refractivity contribution is -0.140. The number of nitrogens with one attached hydrogen (secondary N) is 1. The molecule has 0 atom stereocenters. The molecule has 46 heavy (non-hydrogen) atoms. The number of rotatable bonds is 8. The summed E-state index contributed by atoms with van der Waals surface area (Å²) in [5.41, 5.74) is 1.00. The maximum atomic E-state index is 13.8. The Morgan fingerprint density at radius 2 is 1.67 bits per heavy atom. The summed E-state index contributed by atoms with van der Waals surface area (Å²) < 4.78 is 64.1. The van der Waals surface area contributed by atoms with E-state index >= 15 is 0 Å². The quantitative estimate of drug-likeness (QED) is 0.275. The Labute approximate surface area is 264 Å². The van der Waals surface area contributed by atoms with Crippen LogP contribution in [0.3, 0.4) is 0 Å². The molecule has 2 heterocycles.